The number of hydrogen-bond donors (Lipinski definition) is 3. The molecule has 0 radical (unpaired) electrons. The molecule has 0 aliphatic rings. The Labute approximate surface area is 219 Å². The Bertz CT molecular complexity index is 1420. The summed E-state index contributed by atoms with van der Waals surface area (Å²) in [6.45, 7) is 11.3. The molecule has 196 valence electrons. The maximum absolute atomic E-state index is 13.3. The molecule has 3 rings (SSSR count). The zero-order valence-corrected chi connectivity index (χ0v) is 22.9. The van der Waals surface area contributed by atoms with Crippen LogP contribution in [0.15, 0.2) is 82.6 Å². The number of anilines is 2. The largest absolute Gasteiger partial charge is 0.380 e. The zero-order valence-electron chi connectivity index (χ0n) is 22.1. The molecular weight excluding hydrogens is 486 g/mol. The Morgan fingerprint density at radius 1 is 0.784 bits per heavy atom. The maximum atomic E-state index is 13.3. The fourth-order valence-electron chi connectivity index (χ4n) is 3.63. The summed E-state index contributed by atoms with van der Waals surface area (Å²) in [5.41, 5.74) is 6.64. The number of ketones is 1. The first-order valence-corrected chi connectivity index (χ1v) is 13.5. The number of sulfone groups is 1. The third-order valence-corrected chi connectivity index (χ3v) is 7.93. The molecule has 0 aliphatic heterocycles. The van der Waals surface area contributed by atoms with Crippen LogP contribution in [0.5, 0.6) is 0 Å². The van der Waals surface area contributed by atoms with Gasteiger partial charge < -0.3 is 16.4 Å². The summed E-state index contributed by atoms with van der Waals surface area (Å²) in [7, 11) is -3.83. The third kappa shape index (κ3) is 6.64. The Balaban J connectivity index is 1.85. The van der Waals surface area contributed by atoms with Gasteiger partial charge in [-0.25, -0.2) is 8.42 Å². The molecule has 0 aliphatic carbocycles. The van der Waals surface area contributed by atoms with Crippen LogP contribution in [0.1, 0.15) is 62.3 Å². The normalized spacial score (nSPS) is 13.1. The number of nitrogens with one attached hydrogen (secondary N) is 2. The summed E-state index contributed by atoms with van der Waals surface area (Å²) in [5.74, 6) is -0.618. The number of carbonyl (C=O) groups excluding carboxylic acids is 2. The molecule has 0 saturated heterocycles. The van der Waals surface area contributed by atoms with Crippen molar-refractivity contribution in [3.05, 3.63) is 83.9 Å². The van der Waals surface area contributed by atoms with Crippen LogP contribution in [-0.4, -0.2) is 31.7 Å². The van der Waals surface area contributed by atoms with Crippen LogP contribution in [0.25, 0.3) is 0 Å². The highest BCUT2D eigenvalue weighted by molar-refractivity contribution is 7.91. The van der Waals surface area contributed by atoms with E-state index in [1.165, 1.54) is 18.2 Å². The standard InChI is InChI=1S/C29H35N3O4S/c1-19(30)29(5,6)26(33)20-10-7-11-21(16-20)27(34)31-22-12-8-14-24(17-22)37(35,36)25-15-9-13-23(18-25)32-28(2,3)4/h7-19,32H,30H2,1-6H3,(H,31,34). The van der Waals surface area contributed by atoms with E-state index in [0.29, 0.717) is 16.9 Å². The second-order valence-electron chi connectivity index (χ2n) is 10.8. The van der Waals surface area contributed by atoms with Crippen molar-refractivity contribution in [2.45, 2.75) is 62.9 Å². The molecule has 0 bridgehead atoms. The summed E-state index contributed by atoms with van der Waals surface area (Å²) in [5, 5.41) is 6.02. The van der Waals surface area contributed by atoms with E-state index in [2.05, 4.69) is 10.6 Å². The number of amides is 1. The van der Waals surface area contributed by atoms with Crippen molar-refractivity contribution in [2.24, 2.45) is 11.1 Å². The van der Waals surface area contributed by atoms with Gasteiger partial charge in [0.1, 0.15) is 0 Å². The van der Waals surface area contributed by atoms with Crippen molar-refractivity contribution in [2.75, 3.05) is 10.6 Å². The van der Waals surface area contributed by atoms with E-state index in [0.717, 1.165) is 0 Å². The molecule has 0 fully saturated rings. The molecule has 4 N–H and O–H groups in total. The number of hydrogen-bond acceptors (Lipinski definition) is 6. The molecule has 37 heavy (non-hydrogen) atoms. The Morgan fingerprint density at radius 2 is 1.30 bits per heavy atom. The van der Waals surface area contributed by atoms with Crippen molar-refractivity contribution < 1.29 is 18.0 Å². The Hall–Kier alpha value is -3.49. The van der Waals surface area contributed by atoms with Gasteiger partial charge in [0.15, 0.2) is 5.78 Å². The highest BCUT2D eigenvalue weighted by Gasteiger charge is 2.32. The average molecular weight is 522 g/mol. The minimum Gasteiger partial charge on any atom is -0.380 e. The molecule has 0 aromatic heterocycles. The van der Waals surface area contributed by atoms with Gasteiger partial charge in [0, 0.05) is 39.5 Å². The van der Waals surface area contributed by atoms with Gasteiger partial charge in [-0.15, -0.1) is 0 Å². The molecule has 7 nitrogen and oxygen atoms in total. The van der Waals surface area contributed by atoms with Gasteiger partial charge in [-0.3, -0.25) is 9.59 Å². The van der Waals surface area contributed by atoms with Crippen LogP contribution in [0, 0.1) is 5.41 Å². The van der Waals surface area contributed by atoms with Gasteiger partial charge in [0.2, 0.25) is 9.84 Å². The predicted octanol–water partition coefficient (Wildman–Crippen LogP) is 5.54. The van der Waals surface area contributed by atoms with Crippen LogP contribution in [0.4, 0.5) is 11.4 Å². The molecule has 8 heteroatoms. The molecule has 1 atom stereocenters. The maximum Gasteiger partial charge on any atom is 0.255 e. The summed E-state index contributed by atoms with van der Waals surface area (Å²) in [6, 6.07) is 18.8. The number of benzene rings is 3. The van der Waals surface area contributed by atoms with Gasteiger partial charge in [-0.1, -0.05) is 38.1 Å². The average Bonchev–Trinajstić information content (AvgIpc) is 2.82. The minimum absolute atomic E-state index is 0.0563. The summed E-state index contributed by atoms with van der Waals surface area (Å²) >= 11 is 0. The van der Waals surface area contributed by atoms with Gasteiger partial charge in [0.25, 0.3) is 5.91 Å². The minimum atomic E-state index is -3.83. The SMILES string of the molecule is CC(N)C(C)(C)C(=O)c1cccc(C(=O)Nc2cccc(S(=O)(=O)c3cccc(NC(C)(C)C)c3)c2)c1. The van der Waals surface area contributed by atoms with Crippen molar-refractivity contribution >= 4 is 32.9 Å². The van der Waals surface area contributed by atoms with Gasteiger partial charge in [-0.05, 0) is 76.2 Å². The van der Waals surface area contributed by atoms with E-state index in [-0.39, 0.29) is 32.7 Å². The molecule has 3 aromatic carbocycles. The molecular formula is C29H35N3O4S. The molecule has 1 amide bonds. The van der Waals surface area contributed by atoms with E-state index in [4.69, 9.17) is 5.73 Å². The lowest BCUT2D eigenvalue weighted by atomic mass is 9.78. The van der Waals surface area contributed by atoms with E-state index in [1.807, 2.05) is 26.8 Å². The van der Waals surface area contributed by atoms with Crippen LogP contribution in [-0.2, 0) is 9.84 Å². The smallest absolute Gasteiger partial charge is 0.255 e. The van der Waals surface area contributed by atoms with Crippen LogP contribution in [0.3, 0.4) is 0 Å². The number of Topliss-reactive ketones (excluding diaryl/α,β-unsaturated/α-hetero) is 1. The van der Waals surface area contributed by atoms with E-state index >= 15 is 0 Å². The van der Waals surface area contributed by atoms with Crippen molar-refractivity contribution in [1.82, 2.24) is 0 Å². The monoisotopic (exact) mass is 521 g/mol. The molecule has 1 unspecified atom stereocenters. The van der Waals surface area contributed by atoms with Gasteiger partial charge in [0.05, 0.1) is 9.79 Å². The second kappa shape index (κ2) is 10.5. The number of rotatable bonds is 8. The van der Waals surface area contributed by atoms with Crippen molar-refractivity contribution in [1.29, 1.82) is 0 Å². The molecule has 3 aromatic rings. The summed E-state index contributed by atoms with van der Waals surface area (Å²) in [4.78, 5) is 26.1. The quantitative estimate of drug-likeness (QED) is 0.335. The van der Waals surface area contributed by atoms with Crippen molar-refractivity contribution in [3.63, 3.8) is 0 Å². The third-order valence-electron chi connectivity index (χ3n) is 6.18. The van der Waals surface area contributed by atoms with Crippen molar-refractivity contribution in [3.8, 4) is 0 Å². The molecule has 0 saturated carbocycles. The van der Waals surface area contributed by atoms with Crippen LogP contribution in [0.2, 0.25) is 0 Å². The first-order chi connectivity index (χ1) is 17.1. The predicted molar refractivity (Wildman–Crippen MR) is 148 cm³/mol. The first kappa shape index (κ1) is 28.1. The molecule has 0 spiro atoms. The lowest BCUT2D eigenvalue weighted by molar-refractivity contribution is 0.0811. The van der Waals surface area contributed by atoms with Gasteiger partial charge >= 0.3 is 0 Å². The Kier molecular flexibility index (Phi) is 7.95. The van der Waals surface area contributed by atoms with E-state index in [1.54, 1.807) is 69.3 Å². The fraction of sp³-hybridized carbons (Fsp3) is 0.310. The number of carbonyl (C=O) groups is 2. The molecule has 0 heterocycles. The van der Waals surface area contributed by atoms with E-state index in [9.17, 15) is 18.0 Å². The first-order valence-electron chi connectivity index (χ1n) is 12.1. The lowest BCUT2D eigenvalue weighted by Crippen LogP contribution is -2.41. The zero-order chi connectivity index (χ0) is 27.6. The van der Waals surface area contributed by atoms with Crippen LogP contribution >= 0.6 is 0 Å². The highest BCUT2D eigenvalue weighted by atomic mass is 32.2. The topological polar surface area (TPSA) is 118 Å². The number of nitrogens with two attached hydrogens (primary N) is 1. The lowest BCUT2D eigenvalue weighted by Gasteiger charge is -2.27. The fourth-order valence-corrected chi connectivity index (χ4v) is 4.99. The van der Waals surface area contributed by atoms with E-state index < -0.39 is 21.2 Å². The second-order valence-corrected chi connectivity index (χ2v) is 12.8. The summed E-state index contributed by atoms with van der Waals surface area (Å²) < 4.78 is 26.7. The Morgan fingerprint density at radius 3 is 1.86 bits per heavy atom. The highest BCUT2D eigenvalue weighted by Crippen LogP contribution is 2.28. The van der Waals surface area contributed by atoms with Crippen LogP contribution < -0.4 is 16.4 Å². The summed E-state index contributed by atoms with van der Waals surface area (Å²) in [6.07, 6.45) is 0. The van der Waals surface area contributed by atoms with Gasteiger partial charge in [-0.2, -0.15) is 0 Å².